The number of nitrogens with zero attached hydrogens (tertiary/aromatic N) is 5. The van der Waals surface area contributed by atoms with Crippen molar-refractivity contribution in [3.05, 3.63) is 42.5 Å². The zero-order valence-electron chi connectivity index (χ0n) is 16.9. The molecule has 2 unspecified atom stereocenters. The number of nitriles is 1. The van der Waals surface area contributed by atoms with Gasteiger partial charge in [0.15, 0.2) is 4.96 Å². The van der Waals surface area contributed by atoms with Crippen molar-refractivity contribution in [2.75, 3.05) is 0 Å². The SMILES string of the molecule is Cc1cc(-c2cn3ccnc3s2)cc2cn(C)nc12.N#CB1CC2CCCC2C1. The van der Waals surface area contributed by atoms with Gasteiger partial charge in [0, 0.05) is 43.2 Å². The van der Waals surface area contributed by atoms with Crippen LogP contribution in [-0.2, 0) is 7.05 Å². The number of fused-ring (bicyclic) bond motifs is 3. The molecule has 2 atom stereocenters. The summed E-state index contributed by atoms with van der Waals surface area (Å²) in [6.07, 6.45) is 14.6. The maximum absolute atomic E-state index is 8.67. The van der Waals surface area contributed by atoms with Crippen LogP contribution in [0.1, 0.15) is 24.8 Å². The highest BCUT2D eigenvalue weighted by Crippen LogP contribution is 2.44. The average Bonchev–Trinajstić information content (AvgIpc) is 3.46. The van der Waals surface area contributed by atoms with E-state index in [-0.39, 0.29) is 0 Å². The lowest BCUT2D eigenvalue weighted by atomic mass is 9.49. The van der Waals surface area contributed by atoms with Crippen molar-refractivity contribution in [3.8, 4) is 16.4 Å². The van der Waals surface area contributed by atoms with E-state index in [1.165, 1.54) is 53.3 Å². The third-order valence-corrected chi connectivity index (χ3v) is 7.52. The quantitative estimate of drug-likeness (QED) is 0.410. The summed E-state index contributed by atoms with van der Waals surface area (Å²) in [5.74, 6) is 4.26. The third-order valence-electron chi connectivity index (χ3n) is 6.46. The van der Waals surface area contributed by atoms with Gasteiger partial charge in [-0.15, -0.1) is 0 Å². The van der Waals surface area contributed by atoms with E-state index < -0.39 is 0 Å². The third kappa shape index (κ3) is 3.46. The number of hydrogen-bond acceptors (Lipinski definition) is 4. The molecule has 0 bridgehead atoms. The van der Waals surface area contributed by atoms with Gasteiger partial charge in [-0.1, -0.05) is 43.2 Å². The number of hydrogen-bond donors (Lipinski definition) is 0. The van der Waals surface area contributed by atoms with Gasteiger partial charge in [0.25, 0.3) is 6.71 Å². The Hall–Kier alpha value is -2.59. The lowest BCUT2D eigenvalue weighted by Crippen LogP contribution is -2.03. The van der Waals surface area contributed by atoms with Gasteiger partial charge in [-0.2, -0.15) is 5.10 Å². The van der Waals surface area contributed by atoms with Crippen molar-refractivity contribution in [3.63, 3.8) is 0 Å². The predicted molar refractivity (Wildman–Crippen MR) is 119 cm³/mol. The summed E-state index contributed by atoms with van der Waals surface area (Å²) < 4.78 is 3.92. The molecule has 0 N–H and O–H groups in total. The van der Waals surface area contributed by atoms with E-state index in [9.17, 15) is 0 Å². The van der Waals surface area contributed by atoms with Gasteiger partial charge in [-0.3, -0.25) is 9.08 Å². The summed E-state index contributed by atoms with van der Waals surface area (Å²) in [5, 5.41) is 14.3. The fourth-order valence-electron chi connectivity index (χ4n) is 5.10. The van der Waals surface area contributed by atoms with Gasteiger partial charge in [0.2, 0.25) is 0 Å². The molecule has 29 heavy (non-hydrogen) atoms. The minimum atomic E-state index is 0.412. The Morgan fingerprint density at radius 3 is 2.72 bits per heavy atom. The van der Waals surface area contributed by atoms with Gasteiger partial charge < -0.3 is 0 Å². The van der Waals surface area contributed by atoms with E-state index >= 15 is 0 Å². The zero-order valence-corrected chi connectivity index (χ0v) is 17.7. The maximum atomic E-state index is 8.67. The van der Waals surface area contributed by atoms with Crippen LogP contribution in [0.15, 0.2) is 36.9 Å². The van der Waals surface area contributed by atoms with E-state index in [4.69, 9.17) is 5.26 Å². The molecule has 1 aromatic carbocycles. The second-order valence-electron chi connectivity index (χ2n) is 8.49. The van der Waals surface area contributed by atoms with E-state index in [0.717, 1.165) is 22.3 Å². The van der Waals surface area contributed by atoms with Crippen LogP contribution in [0.3, 0.4) is 0 Å². The molecule has 1 aliphatic carbocycles. The molecule has 5 nitrogen and oxygen atoms in total. The van der Waals surface area contributed by atoms with E-state index in [2.05, 4.69) is 51.9 Å². The second kappa shape index (κ2) is 7.35. The lowest BCUT2D eigenvalue weighted by Gasteiger charge is -2.05. The molecular weight excluding hydrogens is 377 g/mol. The van der Waals surface area contributed by atoms with Gasteiger partial charge in [-0.25, -0.2) is 10.2 Å². The Morgan fingerprint density at radius 2 is 2.00 bits per heavy atom. The monoisotopic (exact) mass is 401 g/mol. The molecule has 7 heteroatoms. The largest absolute Gasteiger partial charge is 0.297 e. The summed E-state index contributed by atoms with van der Waals surface area (Å²) in [6, 6.07) is 4.39. The highest BCUT2D eigenvalue weighted by Gasteiger charge is 2.39. The van der Waals surface area contributed by atoms with Crippen LogP contribution in [0, 0.1) is 30.0 Å². The number of aromatic nitrogens is 4. The average molecular weight is 401 g/mol. The van der Waals surface area contributed by atoms with Gasteiger partial charge in [0.1, 0.15) is 0 Å². The number of imidazole rings is 1. The van der Waals surface area contributed by atoms with Gasteiger partial charge in [0.05, 0.1) is 10.4 Å². The highest BCUT2D eigenvalue weighted by atomic mass is 32.1. The molecule has 0 amide bonds. The molecule has 1 aliphatic heterocycles. The first-order valence-corrected chi connectivity index (χ1v) is 11.2. The Balaban J connectivity index is 0.000000153. The summed E-state index contributed by atoms with van der Waals surface area (Å²) in [4.78, 5) is 6.58. The summed E-state index contributed by atoms with van der Waals surface area (Å²) in [5.41, 5.74) is 3.51. The van der Waals surface area contributed by atoms with Crippen LogP contribution in [0.5, 0.6) is 0 Å². The molecule has 4 heterocycles. The van der Waals surface area contributed by atoms with Crippen molar-refractivity contribution in [2.45, 2.75) is 38.8 Å². The van der Waals surface area contributed by atoms with Gasteiger partial charge in [-0.05, 0) is 42.0 Å². The Kier molecular flexibility index (Phi) is 4.67. The summed E-state index contributed by atoms with van der Waals surface area (Å²) in [6.45, 7) is 2.52. The second-order valence-corrected chi connectivity index (χ2v) is 9.50. The first-order valence-electron chi connectivity index (χ1n) is 10.4. The molecule has 4 aromatic rings. The van der Waals surface area contributed by atoms with E-state index in [1.807, 2.05) is 24.1 Å². The molecule has 3 aromatic heterocycles. The van der Waals surface area contributed by atoms with E-state index in [1.54, 1.807) is 11.3 Å². The van der Waals surface area contributed by atoms with E-state index in [0.29, 0.717) is 6.71 Å². The highest BCUT2D eigenvalue weighted by molar-refractivity contribution is 7.20. The van der Waals surface area contributed by atoms with Crippen molar-refractivity contribution in [2.24, 2.45) is 18.9 Å². The smallest absolute Gasteiger partial charge is 0.268 e. The summed E-state index contributed by atoms with van der Waals surface area (Å²) >= 11 is 1.71. The van der Waals surface area contributed by atoms with Crippen LogP contribution in [0.2, 0.25) is 12.6 Å². The van der Waals surface area contributed by atoms with Crippen molar-refractivity contribution in [1.82, 2.24) is 19.2 Å². The standard InChI is InChI=1S/C14H12N4S.C8H12BN/c1-9-5-10(6-11-7-17(2)16-13(9)11)12-8-18-4-3-15-14(18)19-12;10-6-9-4-7-2-1-3-8(7)5-9/h3-8H,1-2H3;7-8H,1-5H2. The Labute approximate surface area is 175 Å². The lowest BCUT2D eigenvalue weighted by molar-refractivity contribution is 0.486. The van der Waals surface area contributed by atoms with Crippen LogP contribution in [0.25, 0.3) is 26.3 Å². The topological polar surface area (TPSA) is 58.9 Å². The minimum absolute atomic E-state index is 0.412. The van der Waals surface area contributed by atoms with Crippen LogP contribution in [0.4, 0.5) is 0 Å². The van der Waals surface area contributed by atoms with Crippen molar-refractivity contribution in [1.29, 1.82) is 5.26 Å². The number of thiazole rings is 1. The molecule has 1 saturated carbocycles. The molecular formula is C22H24BN5S. The summed E-state index contributed by atoms with van der Waals surface area (Å²) in [7, 11) is 1.96. The fraction of sp³-hybridized carbons (Fsp3) is 0.409. The minimum Gasteiger partial charge on any atom is -0.297 e. The predicted octanol–water partition coefficient (Wildman–Crippen LogP) is 5.23. The van der Waals surface area contributed by atoms with Crippen LogP contribution >= 0.6 is 11.3 Å². The molecule has 2 fully saturated rings. The molecule has 6 rings (SSSR count). The molecule has 0 radical (unpaired) electrons. The number of rotatable bonds is 1. The molecule has 0 spiro atoms. The molecule has 146 valence electrons. The Morgan fingerprint density at radius 1 is 1.21 bits per heavy atom. The normalized spacial score (nSPS) is 20.7. The maximum Gasteiger partial charge on any atom is 0.268 e. The Bertz CT molecular complexity index is 1170. The van der Waals surface area contributed by atoms with Crippen LogP contribution < -0.4 is 0 Å². The van der Waals surface area contributed by atoms with Gasteiger partial charge >= 0.3 is 0 Å². The zero-order chi connectivity index (χ0) is 20.0. The fourth-order valence-corrected chi connectivity index (χ4v) is 6.03. The number of benzene rings is 1. The van der Waals surface area contributed by atoms with Crippen molar-refractivity contribution < 1.29 is 0 Å². The van der Waals surface area contributed by atoms with Crippen LogP contribution in [-0.4, -0.2) is 25.9 Å². The van der Waals surface area contributed by atoms with Crippen molar-refractivity contribution >= 4 is 33.9 Å². The first-order chi connectivity index (χ1) is 14.1. The number of aryl methyl sites for hydroxylation is 2. The first kappa shape index (κ1) is 18.4. The molecule has 2 aliphatic rings. The molecule has 1 saturated heterocycles.